The fourth-order valence-corrected chi connectivity index (χ4v) is 3.62. The Morgan fingerprint density at radius 3 is 2.88 bits per heavy atom. The first kappa shape index (κ1) is 22.9. The van der Waals surface area contributed by atoms with E-state index in [1.165, 1.54) is 19.6 Å². The molecular formula is C23H23N5O6. The highest BCUT2D eigenvalue weighted by atomic mass is 16.5. The summed E-state index contributed by atoms with van der Waals surface area (Å²) >= 11 is 0. The molecule has 0 radical (unpaired) electrons. The van der Waals surface area contributed by atoms with E-state index in [0.29, 0.717) is 35.3 Å². The molecule has 11 nitrogen and oxygen atoms in total. The van der Waals surface area contributed by atoms with Gasteiger partial charge in [-0.2, -0.15) is 0 Å². The second-order valence-electron chi connectivity index (χ2n) is 7.75. The molecule has 1 aromatic carbocycles. The third kappa shape index (κ3) is 5.20. The lowest BCUT2D eigenvalue weighted by Crippen LogP contribution is -2.25. The fourth-order valence-electron chi connectivity index (χ4n) is 3.62. The van der Waals surface area contributed by atoms with E-state index >= 15 is 0 Å². The maximum absolute atomic E-state index is 12.8. The van der Waals surface area contributed by atoms with E-state index in [4.69, 9.17) is 4.74 Å². The molecule has 2 aromatic heterocycles. The molecule has 11 heteroatoms. The van der Waals surface area contributed by atoms with Crippen molar-refractivity contribution in [2.75, 3.05) is 19.0 Å². The first-order valence-corrected chi connectivity index (χ1v) is 10.7. The maximum Gasteiger partial charge on any atom is 0.305 e. The number of ether oxygens (including phenoxy) is 2. The first-order chi connectivity index (χ1) is 16.4. The normalized spacial score (nSPS) is 12.6. The molecule has 0 saturated carbocycles. The topological polar surface area (TPSA) is 152 Å². The summed E-state index contributed by atoms with van der Waals surface area (Å²) in [5.74, 6) is -0.395. The monoisotopic (exact) mass is 465 g/mol. The van der Waals surface area contributed by atoms with E-state index in [0.717, 1.165) is 11.1 Å². The van der Waals surface area contributed by atoms with Gasteiger partial charge in [0.15, 0.2) is 11.5 Å². The lowest BCUT2D eigenvalue weighted by Gasteiger charge is -2.17. The largest absolute Gasteiger partial charge is 0.486 e. The van der Waals surface area contributed by atoms with E-state index in [1.54, 1.807) is 6.07 Å². The molecule has 1 aliphatic heterocycles. The van der Waals surface area contributed by atoms with Gasteiger partial charge in [0.25, 0.3) is 5.91 Å². The second-order valence-corrected chi connectivity index (χ2v) is 7.75. The number of nitrogens with one attached hydrogen (secondary N) is 3. The van der Waals surface area contributed by atoms with Crippen LogP contribution in [0.1, 0.15) is 40.9 Å². The van der Waals surface area contributed by atoms with Crippen LogP contribution in [0.2, 0.25) is 0 Å². The molecule has 1 aliphatic rings. The summed E-state index contributed by atoms with van der Waals surface area (Å²) < 4.78 is 9.95. The van der Waals surface area contributed by atoms with Crippen LogP contribution in [0.3, 0.4) is 0 Å². The van der Waals surface area contributed by atoms with E-state index < -0.39 is 5.91 Å². The van der Waals surface area contributed by atoms with Gasteiger partial charge in [-0.1, -0.05) is 6.07 Å². The Kier molecular flexibility index (Phi) is 6.81. The third-order valence-corrected chi connectivity index (χ3v) is 5.32. The number of nitrogens with zero attached hydrogens (tertiary/aromatic N) is 2. The number of H-pyrrole nitrogens is 1. The number of benzene rings is 1. The van der Waals surface area contributed by atoms with E-state index in [1.807, 2.05) is 12.1 Å². The van der Waals surface area contributed by atoms with Crippen LogP contribution in [-0.4, -0.2) is 52.2 Å². The lowest BCUT2D eigenvalue weighted by atomic mass is 10.0. The fraction of sp³-hybridized carbons (Fsp3) is 0.304. The molecular weight excluding hydrogens is 442 g/mol. The van der Waals surface area contributed by atoms with Crippen molar-refractivity contribution in [1.29, 1.82) is 0 Å². The first-order valence-electron chi connectivity index (χ1n) is 10.7. The molecule has 0 unspecified atom stereocenters. The molecule has 3 N–H and O–H groups in total. The predicted molar refractivity (Wildman–Crippen MR) is 120 cm³/mol. The molecule has 3 heterocycles. The van der Waals surface area contributed by atoms with Crippen LogP contribution in [0.15, 0.2) is 30.7 Å². The Balaban J connectivity index is 1.40. The average molecular weight is 465 g/mol. The van der Waals surface area contributed by atoms with E-state index in [9.17, 15) is 19.2 Å². The number of methoxy groups -OCH3 is 1. The quantitative estimate of drug-likeness (QED) is 0.425. The Labute approximate surface area is 194 Å². The number of aromatic nitrogens is 3. The van der Waals surface area contributed by atoms with Crippen LogP contribution in [0, 0.1) is 0 Å². The number of ketones is 1. The zero-order chi connectivity index (χ0) is 24.1. The van der Waals surface area contributed by atoms with Gasteiger partial charge >= 0.3 is 5.97 Å². The molecule has 0 fully saturated rings. The van der Waals surface area contributed by atoms with Crippen LogP contribution >= 0.6 is 0 Å². The minimum Gasteiger partial charge on any atom is -0.486 e. The SMILES string of the molecule is COC(=O)CCCC(=O)Nc1c[nH]c2c(C(=O)NCc3ccc4c(c3)CC(=O)CO4)ncnc12. The van der Waals surface area contributed by atoms with Crippen molar-refractivity contribution in [2.24, 2.45) is 0 Å². The van der Waals surface area contributed by atoms with Crippen LogP contribution in [0.4, 0.5) is 5.69 Å². The van der Waals surface area contributed by atoms with Gasteiger partial charge in [-0.3, -0.25) is 19.2 Å². The van der Waals surface area contributed by atoms with Crippen molar-refractivity contribution in [3.63, 3.8) is 0 Å². The highest BCUT2D eigenvalue weighted by Crippen LogP contribution is 2.25. The number of fused-ring (bicyclic) bond motifs is 2. The lowest BCUT2D eigenvalue weighted by molar-refractivity contribution is -0.140. The van der Waals surface area contributed by atoms with Gasteiger partial charge in [0.1, 0.15) is 24.2 Å². The number of aromatic amines is 1. The molecule has 0 bridgehead atoms. The number of carbonyl (C=O) groups excluding carboxylic acids is 4. The number of anilines is 1. The van der Waals surface area contributed by atoms with Gasteiger partial charge in [-0.05, 0) is 24.1 Å². The predicted octanol–water partition coefficient (Wildman–Crippen LogP) is 1.67. The average Bonchev–Trinajstić information content (AvgIpc) is 3.24. The van der Waals surface area contributed by atoms with Crippen LogP contribution in [0.5, 0.6) is 5.75 Å². The zero-order valence-corrected chi connectivity index (χ0v) is 18.5. The number of amides is 2. The van der Waals surface area contributed by atoms with Crippen molar-refractivity contribution < 1.29 is 28.7 Å². The summed E-state index contributed by atoms with van der Waals surface area (Å²) in [6.45, 7) is 0.315. The van der Waals surface area contributed by atoms with Gasteiger partial charge in [-0.25, -0.2) is 9.97 Å². The smallest absolute Gasteiger partial charge is 0.305 e. The number of Topliss-reactive ketones (excluding diaryl/α,β-unsaturated/α-hetero) is 1. The summed E-state index contributed by atoms with van der Waals surface area (Å²) in [7, 11) is 1.30. The highest BCUT2D eigenvalue weighted by Gasteiger charge is 2.19. The summed E-state index contributed by atoms with van der Waals surface area (Å²) in [4.78, 5) is 59.0. The number of rotatable bonds is 8. The van der Waals surface area contributed by atoms with Crippen LogP contribution in [-0.2, 0) is 32.1 Å². The van der Waals surface area contributed by atoms with Crippen molar-refractivity contribution in [3.05, 3.63) is 47.5 Å². The Morgan fingerprint density at radius 2 is 2.06 bits per heavy atom. The molecule has 0 spiro atoms. The van der Waals surface area contributed by atoms with Crippen LogP contribution in [0.25, 0.3) is 11.0 Å². The van der Waals surface area contributed by atoms with E-state index in [-0.39, 0.29) is 49.3 Å². The summed E-state index contributed by atoms with van der Waals surface area (Å²) in [5, 5.41) is 5.54. The minimum absolute atomic E-state index is 0.00942. The second kappa shape index (κ2) is 10.1. The third-order valence-electron chi connectivity index (χ3n) is 5.32. The molecule has 34 heavy (non-hydrogen) atoms. The molecule has 176 valence electrons. The van der Waals surface area contributed by atoms with Gasteiger partial charge in [0.2, 0.25) is 5.91 Å². The van der Waals surface area contributed by atoms with E-state index in [2.05, 4.69) is 30.3 Å². The molecule has 2 amide bonds. The minimum atomic E-state index is -0.421. The standard InChI is InChI=1S/C23H23N5O6/c1-33-19(31)4-2-3-18(30)28-16-10-24-21-20(16)26-12-27-22(21)23(32)25-9-13-5-6-17-14(7-13)8-15(29)11-34-17/h5-7,10,12,24H,2-4,8-9,11H2,1H3,(H,25,32)(H,28,30). The molecule has 0 saturated heterocycles. The molecule has 0 atom stereocenters. The van der Waals surface area contributed by atoms with Gasteiger partial charge in [0.05, 0.1) is 18.3 Å². The maximum atomic E-state index is 12.8. The van der Waals surface area contributed by atoms with Crippen molar-refractivity contribution in [1.82, 2.24) is 20.3 Å². The van der Waals surface area contributed by atoms with Crippen molar-refractivity contribution in [2.45, 2.75) is 32.2 Å². The van der Waals surface area contributed by atoms with Crippen LogP contribution < -0.4 is 15.4 Å². The number of hydrogen-bond acceptors (Lipinski definition) is 8. The molecule has 0 aliphatic carbocycles. The van der Waals surface area contributed by atoms with Gasteiger partial charge in [-0.15, -0.1) is 0 Å². The highest BCUT2D eigenvalue weighted by molar-refractivity contribution is 6.07. The van der Waals surface area contributed by atoms with Crippen molar-refractivity contribution in [3.8, 4) is 5.75 Å². The molecule has 4 rings (SSSR count). The summed E-state index contributed by atoms with van der Waals surface area (Å²) in [6, 6.07) is 5.45. The number of carbonyl (C=O) groups is 4. The Hall–Kier alpha value is -4.28. The molecule has 3 aromatic rings. The van der Waals surface area contributed by atoms with Crippen molar-refractivity contribution >= 4 is 40.3 Å². The Morgan fingerprint density at radius 1 is 1.21 bits per heavy atom. The Bertz CT molecular complexity index is 1270. The zero-order valence-electron chi connectivity index (χ0n) is 18.5. The van der Waals surface area contributed by atoms with Gasteiger partial charge in [0, 0.05) is 37.6 Å². The number of esters is 1. The summed E-state index contributed by atoms with van der Waals surface area (Å²) in [6.07, 6.45) is 3.74. The van der Waals surface area contributed by atoms with Gasteiger partial charge < -0.3 is 25.1 Å². The summed E-state index contributed by atoms with van der Waals surface area (Å²) in [5.41, 5.74) is 2.94. The number of hydrogen-bond donors (Lipinski definition) is 3.